The third-order valence-corrected chi connectivity index (χ3v) is 4.58. The number of carbonyl (C=O) groups is 1. The Hall–Kier alpha value is -1.74. The summed E-state index contributed by atoms with van der Waals surface area (Å²) in [6, 6.07) is 14.4. The van der Waals surface area contributed by atoms with Gasteiger partial charge in [0.1, 0.15) is 0 Å². The molecule has 0 saturated heterocycles. The van der Waals surface area contributed by atoms with Gasteiger partial charge >= 0.3 is 0 Å². The first-order valence-corrected chi connectivity index (χ1v) is 7.96. The van der Waals surface area contributed by atoms with Crippen molar-refractivity contribution >= 4 is 17.7 Å². The Morgan fingerprint density at radius 1 is 1.05 bits per heavy atom. The van der Waals surface area contributed by atoms with Crippen LogP contribution in [0.3, 0.4) is 0 Å². The summed E-state index contributed by atoms with van der Waals surface area (Å²) in [5.41, 5.74) is 4.58. The van der Waals surface area contributed by atoms with Crippen LogP contribution in [0.2, 0.25) is 0 Å². The fraction of sp³-hybridized carbons (Fsp3) is 0.278. The van der Waals surface area contributed by atoms with E-state index in [1.807, 2.05) is 36.0 Å². The van der Waals surface area contributed by atoms with Gasteiger partial charge in [-0.2, -0.15) is 0 Å². The van der Waals surface area contributed by atoms with Crippen molar-refractivity contribution in [2.75, 3.05) is 14.1 Å². The van der Waals surface area contributed by atoms with Gasteiger partial charge in [-0.1, -0.05) is 29.8 Å². The Bertz CT molecular complexity index is 632. The number of nitrogens with zero attached hydrogens (tertiary/aromatic N) is 1. The molecule has 0 aromatic heterocycles. The summed E-state index contributed by atoms with van der Waals surface area (Å²) in [5.74, 6) is 0.962. The lowest BCUT2D eigenvalue weighted by atomic mass is 10.1. The maximum Gasteiger partial charge on any atom is 0.253 e. The van der Waals surface area contributed by atoms with Gasteiger partial charge in [0, 0.05) is 30.3 Å². The number of hydrogen-bond donors (Lipinski definition) is 0. The van der Waals surface area contributed by atoms with Crippen molar-refractivity contribution in [1.29, 1.82) is 0 Å². The van der Waals surface area contributed by atoms with Crippen LogP contribution in [0.5, 0.6) is 0 Å². The van der Waals surface area contributed by atoms with Crippen LogP contribution in [0.15, 0.2) is 47.4 Å². The highest BCUT2D eigenvalue weighted by Gasteiger charge is 2.07. The fourth-order valence-electron chi connectivity index (χ4n) is 2.12. The van der Waals surface area contributed by atoms with Gasteiger partial charge in [-0.3, -0.25) is 4.79 Å². The molecule has 1 amide bonds. The predicted octanol–water partition coefficient (Wildman–Crippen LogP) is 4.30. The molecule has 3 heteroatoms. The first-order valence-electron chi connectivity index (χ1n) is 6.98. The van der Waals surface area contributed by atoms with E-state index in [0.717, 1.165) is 11.3 Å². The van der Waals surface area contributed by atoms with E-state index >= 15 is 0 Å². The Kier molecular flexibility index (Phi) is 5.07. The molecule has 0 fully saturated rings. The molecule has 2 aromatic carbocycles. The number of aryl methyl sites for hydroxylation is 2. The van der Waals surface area contributed by atoms with E-state index in [4.69, 9.17) is 0 Å². The van der Waals surface area contributed by atoms with Gasteiger partial charge in [-0.25, -0.2) is 0 Å². The summed E-state index contributed by atoms with van der Waals surface area (Å²) >= 11 is 1.83. The molecule has 0 N–H and O–H groups in total. The van der Waals surface area contributed by atoms with Gasteiger partial charge in [0.05, 0.1) is 0 Å². The summed E-state index contributed by atoms with van der Waals surface area (Å²) in [6.07, 6.45) is 0. The highest BCUT2D eigenvalue weighted by molar-refractivity contribution is 7.98. The fourth-order valence-corrected chi connectivity index (χ4v) is 3.09. The Morgan fingerprint density at radius 2 is 1.71 bits per heavy atom. The van der Waals surface area contributed by atoms with Crippen LogP contribution in [0.25, 0.3) is 0 Å². The Morgan fingerprint density at radius 3 is 2.29 bits per heavy atom. The number of hydrogen-bond acceptors (Lipinski definition) is 2. The zero-order chi connectivity index (χ0) is 15.4. The third kappa shape index (κ3) is 4.11. The summed E-state index contributed by atoms with van der Waals surface area (Å²) in [5, 5.41) is 0. The van der Waals surface area contributed by atoms with Crippen molar-refractivity contribution in [2.24, 2.45) is 0 Å². The summed E-state index contributed by atoms with van der Waals surface area (Å²) in [7, 11) is 3.54. The lowest BCUT2D eigenvalue weighted by molar-refractivity contribution is 0.0827. The molecule has 2 nitrogen and oxygen atoms in total. The van der Waals surface area contributed by atoms with Crippen molar-refractivity contribution in [3.05, 3.63) is 64.7 Å². The lowest BCUT2D eigenvalue weighted by Crippen LogP contribution is -2.21. The van der Waals surface area contributed by atoms with Gasteiger partial charge in [-0.05, 0) is 43.2 Å². The van der Waals surface area contributed by atoms with Crippen molar-refractivity contribution in [3.8, 4) is 0 Å². The highest BCUT2D eigenvalue weighted by atomic mass is 32.2. The molecule has 0 saturated carbocycles. The van der Waals surface area contributed by atoms with Crippen LogP contribution < -0.4 is 0 Å². The molecular formula is C18H21NOS. The average Bonchev–Trinajstić information content (AvgIpc) is 2.46. The van der Waals surface area contributed by atoms with Gasteiger partial charge in [-0.15, -0.1) is 11.8 Å². The Labute approximate surface area is 131 Å². The summed E-state index contributed by atoms with van der Waals surface area (Å²) in [6.45, 7) is 4.26. The van der Waals surface area contributed by atoms with Crippen LogP contribution in [-0.4, -0.2) is 24.9 Å². The van der Waals surface area contributed by atoms with Crippen LogP contribution in [0, 0.1) is 13.8 Å². The second kappa shape index (κ2) is 6.81. The highest BCUT2D eigenvalue weighted by Crippen LogP contribution is 2.26. The number of amides is 1. The Balaban J connectivity index is 2.02. The molecule has 0 aliphatic heterocycles. The number of rotatable bonds is 4. The quantitative estimate of drug-likeness (QED) is 0.785. The molecule has 0 spiro atoms. The molecule has 0 atom stereocenters. The molecule has 110 valence electrons. The summed E-state index contributed by atoms with van der Waals surface area (Å²) < 4.78 is 0. The number of carbonyl (C=O) groups excluding carboxylic acids is 1. The van der Waals surface area contributed by atoms with Crippen molar-refractivity contribution < 1.29 is 4.79 Å². The van der Waals surface area contributed by atoms with Crippen molar-refractivity contribution in [3.63, 3.8) is 0 Å². The predicted molar refractivity (Wildman–Crippen MR) is 89.9 cm³/mol. The molecule has 0 heterocycles. The third-order valence-electron chi connectivity index (χ3n) is 3.33. The summed E-state index contributed by atoms with van der Waals surface area (Å²) in [4.78, 5) is 14.7. The van der Waals surface area contributed by atoms with Crippen molar-refractivity contribution in [1.82, 2.24) is 4.90 Å². The van der Waals surface area contributed by atoms with Crippen LogP contribution >= 0.6 is 11.8 Å². The van der Waals surface area contributed by atoms with E-state index < -0.39 is 0 Å². The first kappa shape index (κ1) is 15.6. The maximum absolute atomic E-state index is 11.8. The van der Waals surface area contributed by atoms with E-state index in [0.29, 0.717) is 0 Å². The largest absolute Gasteiger partial charge is 0.345 e. The number of thioether (sulfide) groups is 1. The van der Waals surface area contributed by atoms with Gasteiger partial charge in [0.25, 0.3) is 5.91 Å². The minimum Gasteiger partial charge on any atom is -0.345 e. The van der Waals surface area contributed by atoms with E-state index in [9.17, 15) is 4.79 Å². The second-order valence-electron chi connectivity index (χ2n) is 5.45. The van der Waals surface area contributed by atoms with Gasteiger partial charge in [0.15, 0.2) is 0 Å². The minimum absolute atomic E-state index is 0.0450. The van der Waals surface area contributed by atoms with E-state index in [1.165, 1.54) is 21.6 Å². The SMILES string of the molecule is Cc1ccc(SCc2ccc(C(=O)N(C)C)cc2)c(C)c1. The monoisotopic (exact) mass is 299 g/mol. The second-order valence-corrected chi connectivity index (χ2v) is 6.47. The van der Waals surface area contributed by atoms with E-state index in [1.54, 1.807) is 19.0 Å². The normalized spacial score (nSPS) is 10.5. The first-order chi connectivity index (χ1) is 9.97. The molecular weight excluding hydrogens is 278 g/mol. The average molecular weight is 299 g/mol. The molecule has 2 rings (SSSR count). The minimum atomic E-state index is 0.0450. The maximum atomic E-state index is 11.8. The smallest absolute Gasteiger partial charge is 0.253 e. The van der Waals surface area contributed by atoms with Gasteiger partial charge < -0.3 is 4.90 Å². The molecule has 0 aliphatic rings. The molecule has 0 aliphatic carbocycles. The lowest BCUT2D eigenvalue weighted by Gasteiger charge is -2.11. The zero-order valence-electron chi connectivity index (χ0n) is 13.0. The van der Waals surface area contributed by atoms with Gasteiger partial charge in [0.2, 0.25) is 0 Å². The van der Waals surface area contributed by atoms with Crippen LogP contribution in [-0.2, 0) is 5.75 Å². The number of benzene rings is 2. The molecule has 2 aromatic rings. The topological polar surface area (TPSA) is 20.3 Å². The molecule has 21 heavy (non-hydrogen) atoms. The molecule has 0 bridgehead atoms. The van der Waals surface area contributed by atoms with E-state index in [2.05, 4.69) is 32.0 Å². The standard InChI is InChI=1S/C18H21NOS/c1-13-5-10-17(14(2)11-13)21-12-15-6-8-16(9-7-15)18(20)19(3)4/h5-11H,12H2,1-4H3. The van der Waals surface area contributed by atoms with Crippen LogP contribution in [0.1, 0.15) is 27.0 Å². The van der Waals surface area contributed by atoms with Crippen LogP contribution in [0.4, 0.5) is 0 Å². The molecule has 0 radical (unpaired) electrons. The molecule has 0 unspecified atom stereocenters. The van der Waals surface area contributed by atoms with E-state index in [-0.39, 0.29) is 5.91 Å². The zero-order valence-corrected chi connectivity index (χ0v) is 13.8. The van der Waals surface area contributed by atoms with Crippen molar-refractivity contribution in [2.45, 2.75) is 24.5 Å².